The zero-order chi connectivity index (χ0) is 20.0. The number of nitriles is 2. The number of ether oxygens (including phenoxy) is 1. The molecule has 0 bridgehead atoms. The van der Waals surface area contributed by atoms with Gasteiger partial charge in [-0.25, -0.2) is 0 Å². The minimum absolute atomic E-state index is 0.146. The van der Waals surface area contributed by atoms with E-state index in [9.17, 15) is 10.1 Å². The Kier molecular flexibility index (Phi) is 7.10. The summed E-state index contributed by atoms with van der Waals surface area (Å²) in [5, 5.41) is 21.4. The molecule has 5 nitrogen and oxygen atoms in total. The molecule has 0 atom stereocenters. The summed E-state index contributed by atoms with van der Waals surface area (Å²) in [6.45, 7) is 1.55. The van der Waals surface area contributed by atoms with Crippen molar-refractivity contribution in [1.29, 1.82) is 10.5 Å². The molecule has 27 heavy (non-hydrogen) atoms. The van der Waals surface area contributed by atoms with Crippen LogP contribution in [0.3, 0.4) is 0 Å². The van der Waals surface area contributed by atoms with Crippen molar-refractivity contribution in [2.24, 2.45) is 0 Å². The van der Waals surface area contributed by atoms with Gasteiger partial charge in [-0.3, -0.25) is 4.79 Å². The third-order valence-electron chi connectivity index (χ3n) is 3.49. The predicted molar refractivity (Wildman–Crippen MR) is 106 cm³/mol. The summed E-state index contributed by atoms with van der Waals surface area (Å²) in [7, 11) is 0. The van der Waals surface area contributed by atoms with Crippen molar-refractivity contribution in [3.63, 3.8) is 0 Å². The molecule has 136 valence electrons. The van der Waals surface area contributed by atoms with Gasteiger partial charge in [0.1, 0.15) is 17.7 Å². The molecule has 0 aromatic heterocycles. The Morgan fingerprint density at radius 3 is 2.44 bits per heavy atom. The van der Waals surface area contributed by atoms with Gasteiger partial charge in [-0.1, -0.05) is 40.9 Å². The Hall–Kier alpha value is -2.70. The number of carbonyl (C=O) groups excluding carboxylic acids is 1. The van der Waals surface area contributed by atoms with Crippen LogP contribution in [0.15, 0.2) is 35.9 Å². The monoisotopic (exact) mass is 419 g/mol. The Morgan fingerprint density at radius 1 is 1.19 bits per heavy atom. The van der Waals surface area contributed by atoms with E-state index in [1.165, 1.54) is 18.2 Å². The third-order valence-corrected chi connectivity index (χ3v) is 4.46. The zero-order valence-corrected chi connectivity index (χ0v) is 16.3. The molecule has 2 aromatic rings. The van der Waals surface area contributed by atoms with Crippen LogP contribution in [0, 0.1) is 29.6 Å². The average Bonchev–Trinajstić information content (AvgIpc) is 2.62. The van der Waals surface area contributed by atoms with E-state index in [0.29, 0.717) is 21.8 Å². The van der Waals surface area contributed by atoms with Gasteiger partial charge in [-0.05, 0) is 48.4 Å². The molecule has 0 aliphatic heterocycles. The minimum Gasteiger partial charge on any atom is -0.476 e. The first-order valence-electron chi connectivity index (χ1n) is 7.54. The molecular weight excluding hydrogens is 409 g/mol. The molecular formula is C19H12Cl3N3O2. The first-order chi connectivity index (χ1) is 12.9. The Labute approximate surface area is 171 Å². The lowest BCUT2D eigenvalue weighted by Gasteiger charge is -2.10. The lowest BCUT2D eigenvalue weighted by Crippen LogP contribution is -2.14. The van der Waals surface area contributed by atoms with Crippen LogP contribution < -0.4 is 10.1 Å². The van der Waals surface area contributed by atoms with E-state index in [-0.39, 0.29) is 28.0 Å². The number of carbonyl (C=O) groups is 1. The van der Waals surface area contributed by atoms with Crippen LogP contribution >= 0.6 is 34.8 Å². The summed E-state index contributed by atoms with van der Waals surface area (Å²) in [4.78, 5) is 12.4. The number of nitrogens with one attached hydrogen (secondary N) is 1. The highest BCUT2D eigenvalue weighted by Crippen LogP contribution is 2.35. The van der Waals surface area contributed by atoms with Gasteiger partial charge < -0.3 is 10.1 Å². The number of hydrogen-bond donors (Lipinski definition) is 1. The number of anilines is 1. The van der Waals surface area contributed by atoms with E-state index in [4.69, 9.17) is 44.8 Å². The maximum atomic E-state index is 12.4. The Balaban J connectivity index is 2.30. The van der Waals surface area contributed by atoms with Crippen molar-refractivity contribution in [2.75, 3.05) is 11.9 Å². The maximum absolute atomic E-state index is 12.4. The number of benzene rings is 2. The van der Waals surface area contributed by atoms with Crippen LogP contribution in [0.1, 0.15) is 11.1 Å². The molecule has 0 aliphatic rings. The second kappa shape index (κ2) is 9.30. The van der Waals surface area contributed by atoms with Crippen molar-refractivity contribution in [3.8, 4) is 17.9 Å². The van der Waals surface area contributed by atoms with Gasteiger partial charge in [0.2, 0.25) is 0 Å². The number of halogens is 3. The summed E-state index contributed by atoms with van der Waals surface area (Å²) >= 11 is 18.2. The largest absolute Gasteiger partial charge is 0.476 e. The highest BCUT2D eigenvalue weighted by Gasteiger charge is 2.14. The summed E-state index contributed by atoms with van der Waals surface area (Å²) in [6, 6.07) is 11.7. The predicted octanol–water partition coefficient (Wildman–Crippen LogP) is 5.40. The second-order valence-corrected chi connectivity index (χ2v) is 6.52. The van der Waals surface area contributed by atoms with Gasteiger partial charge in [-0.15, -0.1) is 0 Å². The van der Waals surface area contributed by atoms with Crippen molar-refractivity contribution in [3.05, 3.63) is 62.1 Å². The van der Waals surface area contributed by atoms with Crippen molar-refractivity contribution in [2.45, 2.75) is 6.92 Å². The molecule has 0 saturated heterocycles. The number of amides is 1. The van der Waals surface area contributed by atoms with Gasteiger partial charge in [0, 0.05) is 10.7 Å². The topological polar surface area (TPSA) is 85.9 Å². The summed E-state index contributed by atoms with van der Waals surface area (Å²) in [5.74, 6) is -0.436. The van der Waals surface area contributed by atoms with E-state index in [1.807, 2.05) is 12.1 Å². The molecule has 2 aromatic carbocycles. The van der Waals surface area contributed by atoms with E-state index in [2.05, 4.69) is 5.32 Å². The molecule has 0 spiro atoms. The molecule has 0 aliphatic carbocycles. The standard InChI is InChI=1S/C19H12Cl3N3O2/c1-11-14(20)3-2-4-17(11)25-19(26)13(10-24)7-12-8-15(21)18(16(22)9-12)27-6-5-23/h2-4,7-9H,6H2,1H3,(H,25,26)/b13-7-. The maximum Gasteiger partial charge on any atom is 0.266 e. The third kappa shape index (κ3) is 5.15. The van der Waals surface area contributed by atoms with E-state index < -0.39 is 5.91 Å². The van der Waals surface area contributed by atoms with Gasteiger partial charge in [-0.2, -0.15) is 10.5 Å². The van der Waals surface area contributed by atoms with Crippen LogP contribution in [0.4, 0.5) is 5.69 Å². The fraction of sp³-hybridized carbons (Fsp3) is 0.105. The molecule has 0 heterocycles. The quantitative estimate of drug-likeness (QED) is 0.518. The first kappa shape index (κ1) is 20.6. The molecule has 1 N–H and O–H groups in total. The highest BCUT2D eigenvalue weighted by atomic mass is 35.5. The van der Waals surface area contributed by atoms with Crippen molar-refractivity contribution < 1.29 is 9.53 Å². The van der Waals surface area contributed by atoms with Crippen LogP contribution in [0.5, 0.6) is 5.75 Å². The second-order valence-electron chi connectivity index (χ2n) is 5.30. The Morgan fingerprint density at radius 2 is 1.85 bits per heavy atom. The first-order valence-corrected chi connectivity index (χ1v) is 8.67. The van der Waals surface area contributed by atoms with Crippen LogP contribution in [-0.4, -0.2) is 12.5 Å². The molecule has 0 fully saturated rings. The van der Waals surface area contributed by atoms with Gasteiger partial charge in [0.25, 0.3) is 5.91 Å². The summed E-state index contributed by atoms with van der Waals surface area (Å²) in [5.41, 5.74) is 1.48. The summed E-state index contributed by atoms with van der Waals surface area (Å²) in [6.07, 6.45) is 1.35. The minimum atomic E-state index is -0.597. The Bertz CT molecular complexity index is 981. The molecule has 0 unspecified atom stereocenters. The van der Waals surface area contributed by atoms with E-state index in [1.54, 1.807) is 25.1 Å². The fourth-order valence-corrected chi connectivity index (χ4v) is 2.94. The lowest BCUT2D eigenvalue weighted by atomic mass is 10.1. The number of rotatable bonds is 5. The van der Waals surface area contributed by atoms with E-state index >= 15 is 0 Å². The number of nitrogens with zero attached hydrogens (tertiary/aromatic N) is 2. The van der Waals surface area contributed by atoms with Crippen molar-refractivity contribution >= 4 is 52.5 Å². The van der Waals surface area contributed by atoms with Gasteiger partial charge in [0.05, 0.1) is 10.0 Å². The molecule has 0 saturated carbocycles. The van der Waals surface area contributed by atoms with E-state index in [0.717, 1.165) is 0 Å². The lowest BCUT2D eigenvalue weighted by molar-refractivity contribution is -0.112. The van der Waals surface area contributed by atoms with Gasteiger partial charge >= 0.3 is 0 Å². The zero-order valence-electron chi connectivity index (χ0n) is 14.0. The van der Waals surface area contributed by atoms with Crippen LogP contribution in [-0.2, 0) is 4.79 Å². The fourth-order valence-electron chi connectivity index (χ4n) is 2.15. The van der Waals surface area contributed by atoms with Gasteiger partial charge in [0.15, 0.2) is 12.4 Å². The smallest absolute Gasteiger partial charge is 0.266 e. The van der Waals surface area contributed by atoms with Crippen molar-refractivity contribution in [1.82, 2.24) is 0 Å². The normalized spacial score (nSPS) is 10.7. The highest BCUT2D eigenvalue weighted by molar-refractivity contribution is 6.37. The molecule has 1 amide bonds. The van der Waals surface area contributed by atoms with Crippen LogP contribution in [0.2, 0.25) is 15.1 Å². The van der Waals surface area contributed by atoms with Crippen LogP contribution in [0.25, 0.3) is 6.08 Å². The molecule has 8 heteroatoms. The summed E-state index contributed by atoms with van der Waals surface area (Å²) < 4.78 is 5.15. The molecule has 0 radical (unpaired) electrons. The average molecular weight is 421 g/mol. The number of hydrogen-bond acceptors (Lipinski definition) is 4. The SMILES string of the molecule is Cc1c(Cl)cccc1NC(=O)/C(C#N)=C\c1cc(Cl)c(OCC#N)c(Cl)c1. The molecule has 2 rings (SSSR count).